The van der Waals surface area contributed by atoms with E-state index in [9.17, 15) is 23.3 Å². The number of non-ortho nitro benzene ring substituents is 1. The zero-order valence-corrected chi connectivity index (χ0v) is 18.1. The Balaban J connectivity index is 1.76. The maximum atomic E-state index is 13.5. The van der Waals surface area contributed by atoms with E-state index in [-0.39, 0.29) is 22.3 Å². The van der Waals surface area contributed by atoms with E-state index in [2.05, 4.69) is 0 Å². The number of sulfonamides is 1. The molecule has 3 aromatic carbocycles. The van der Waals surface area contributed by atoms with Crippen molar-refractivity contribution in [3.63, 3.8) is 0 Å². The van der Waals surface area contributed by atoms with Crippen LogP contribution in [0.3, 0.4) is 0 Å². The van der Waals surface area contributed by atoms with Crippen molar-refractivity contribution in [1.82, 2.24) is 0 Å². The van der Waals surface area contributed by atoms with Crippen molar-refractivity contribution in [2.24, 2.45) is 0 Å². The van der Waals surface area contributed by atoms with Gasteiger partial charge in [-0.15, -0.1) is 0 Å². The van der Waals surface area contributed by atoms with Gasteiger partial charge in [-0.25, -0.2) is 8.42 Å². The summed E-state index contributed by atoms with van der Waals surface area (Å²) >= 11 is 0. The Bertz CT molecular complexity index is 1280. The Morgan fingerprint density at radius 3 is 2.47 bits per heavy atom. The molecule has 0 saturated heterocycles. The quantitative estimate of drug-likeness (QED) is 0.419. The lowest BCUT2D eigenvalue weighted by Gasteiger charge is -2.28. The average Bonchev–Trinajstić information content (AvgIpc) is 3.13. The summed E-state index contributed by atoms with van der Waals surface area (Å²) < 4.78 is 27.9. The first-order valence-corrected chi connectivity index (χ1v) is 11.5. The minimum absolute atomic E-state index is 0.00539. The molecular formula is C23H21N3O5S. The van der Waals surface area contributed by atoms with E-state index >= 15 is 0 Å². The lowest BCUT2D eigenvalue weighted by Crippen LogP contribution is -2.45. The van der Waals surface area contributed by atoms with Crippen LogP contribution in [-0.2, 0) is 21.2 Å². The lowest BCUT2D eigenvalue weighted by molar-refractivity contribution is -0.384. The van der Waals surface area contributed by atoms with Gasteiger partial charge in [0.15, 0.2) is 0 Å². The van der Waals surface area contributed by atoms with Gasteiger partial charge in [-0.2, -0.15) is 0 Å². The van der Waals surface area contributed by atoms with Crippen molar-refractivity contribution in [3.05, 3.63) is 94.5 Å². The second-order valence-electron chi connectivity index (χ2n) is 7.55. The number of carbonyl (C=O) groups excluding carboxylic acids is 1. The second-order valence-corrected chi connectivity index (χ2v) is 9.41. The van der Waals surface area contributed by atoms with Crippen LogP contribution in [0, 0.1) is 10.1 Å². The number of nitro benzene ring substituents is 1. The summed E-state index contributed by atoms with van der Waals surface area (Å²) in [4.78, 5) is 25.6. The van der Waals surface area contributed by atoms with E-state index in [4.69, 9.17) is 0 Å². The minimum atomic E-state index is -4.15. The number of fused-ring (bicyclic) bond motifs is 1. The van der Waals surface area contributed by atoms with Crippen LogP contribution in [0.15, 0.2) is 83.8 Å². The zero-order chi connectivity index (χ0) is 22.9. The fourth-order valence-corrected chi connectivity index (χ4v) is 5.37. The number of hydrogen-bond acceptors (Lipinski definition) is 5. The number of carbonyl (C=O) groups is 1. The van der Waals surface area contributed by atoms with E-state index in [0.717, 1.165) is 21.6 Å². The topological polar surface area (TPSA) is 101 Å². The van der Waals surface area contributed by atoms with Crippen molar-refractivity contribution in [2.75, 3.05) is 15.7 Å². The fraction of sp³-hybridized carbons (Fsp3) is 0.174. The molecule has 0 aromatic heterocycles. The molecule has 1 aliphatic heterocycles. The number of nitrogens with zero attached hydrogens (tertiary/aromatic N) is 3. The molecule has 164 valence electrons. The molecule has 4 rings (SSSR count). The van der Waals surface area contributed by atoms with E-state index in [1.807, 2.05) is 31.2 Å². The van der Waals surface area contributed by atoms with E-state index < -0.39 is 27.4 Å². The molecule has 0 N–H and O–H groups in total. The van der Waals surface area contributed by atoms with Crippen molar-refractivity contribution in [3.8, 4) is 0 Å². The van der Waals surface area contributed by atoms with Gasteiger partial charge in [-0.05, 0) is 43.2 Å². The summed E-state index contributed by atoms with van der Waals surface area (Å²) in [6.45, 7) is 1.42. The van der Waals surface area contributed by atoms with Gasteiger partial charge in [0.2, 0.25) is 5.91 Å². The zero-order valence-electron chi connectivity index (χ0n) is 17.3. The predicted octanol–water partition coefficient (Wildman–Crippen LogP) is 3.77. The van der Waals surface area contributed by atoms with Gasteiger partial charge in [0.1, 0.15) is 6.54 Å². The van der Waals surface area contributed by atoms with Crippen LogP contribution >= 0.6 is 0 Å². The van der Waals surface area contributed by atoms with Crippen LogP contribution in [0.4, 0.5) is 17.1 Å². The normalized spacial score (nSPS) is 15.3. The summed E-state index contributed by atoms with van der Waals surface area (Å²) in [6.07, 6.45) is 0.671. The maximum Gasteiger partial charge on any atom is 0.271 e. The highest BCUT2D eigenvalue weighted by molar-refractivity contribution is 7.92. The summed E-state index contributed by atoms with van der Waals surface area (Å²) in [5.74, 6) is -0.409. The van der Waals surface area contributed by atoms with Gasteiger partial charge in [0, 0.05) is 23.9 Å². The van der Waals surface area contributed by atoms with Crippen molar-refractivity contribution in [2.45, 2.75) is 24.3 Å². The molecule has 0 radical (unpaired) electrons. The SMILES string of the molecule is CC1Cc2ccccc2N1C(=O)CN(c1cccc([N+](=O)[O-])c1)S(=O)(=O)c1ccccc1. The van der Waals surface area contributed by atoms with Gasteiger partial charge < -0.3 is 4.90 Å². The van der Waals surface area contributed by atoms with E-state index in [0.29, 0.717) is 6.42 Å². The van der Waals surface area contributed by atoms with Crippen LogP contribution in [0.5, 0.6) is 0 Å². The van der Waals surface area contributed by atoms with Crippen LogP contribution < -0.4 is 9.21 Å². The summed E-state index contributed by atoms with van der Waals surface area (Å²) in [7, 11) is -4.15. The monoisotopic (exact) mass is 451 g/mol. The Morgan fingerprint density at radius 2 is 1.75 bits per heavy atom. The summed E-state index contributed by atoms with van der Waals surface area (Å²) in [5, 5.41) is 11.3. The molecule has 9 heteroatoms. The molecule has 1 aliphatic rings. The molecule has 1 heterocycles. The molecule has 1 unspecified atom stereocenters. The third-order valence-corrected chi connectivity index (χ3v) is 7.20. The highest BCUT2D eigenvalue weighted by Crippen LogP contribution is 2.33. The molecule has 0 fully saturated rings. The van der Waals surface area contributed by atoms with Crippen molar-refractivity contribution in [1.29, 1.82) is 0 Å². The lowest BCUT2D eigenvalue weighted by atomic mass is 10.1. The van der Waals surface area contributed by atoms with Gasteiger partial charge in [0.25, 0.3) is 15.7 Å². The molecule has 1 amide bonds. The van der Waals surface area contributed by atoms with E-state index in [1.54, 1.807) is 23.1 Å². The molecule has 0 aliphatic carbocycles. The third-order valence-electron chi connectivity index (χ3n) is 5.41. The van der Waals surface area contributed by atoms with E-state index in [1.165, 1.54) is 30.3 Å². The minimum Gasteiger partial charge on any atom is -0.307 e. The number of nitro groups is 1. The first-order chi connectivity index (χ1) is 15.3. The molecule has 1 atom stereocenters. The number of rotatable bonds is 6. The number of anilines is 2. The van der Waals surface area contributed by atoms with Crippen molar-refractivity contribution < 1.29 is 18.1 Å². The molecule has 3 aromatic rings. The van der Waals surface area contributed by atoms with Crippen LogP contribution in [0.25, 0.3) is 0 Å². The second kappa shape index (κ2) is 8.43. The first-order valence-electron chi connectivity index (χ1n) is 10.0. The Kier molecular flexibility index (Phi) is 5.67. The van der Waals surface area contributed by atoms with Gasteiger partial charge in [0.05, 0.1) is 15.5 Å². The summed E-state index contributed by atoms with van der Waals surface area (Å²) in [5.41, 5.74) is 1.56. The Hall–Kier alpha value is -3.72. The smallest absolute Gasteiger partial charge is 0.271 e. The first kappa shape index (κ1) is 21.5. The molecule has 8 nitrogen and oxygen atoms in total. The number of amides is 1. The molecule has 0 saturated carbocycles. The largest absolute Gasteiger partial charge is 0.307 e. The molecule has 32 heavy (non-hydrogen) atoms. The number of benzene rings is 3. The van der Waals surface area contributed by atoms with Crippen molar-refractivity contribution >= 4 is 33.0 Å². The molecule has 0 bridgehead atoms. The van der Waals surface area contributed by atoms with Crippen LogP contribution in [0.2, 0.25) is 0 Å². The highest BCUT2D eigenvalue weighted by atomic mass is 32.2. The predicted molar refractivity (Wildman–Crippen MR) is 121 cm³/mol. The van der Waals surface area contributed by atoms with Gasteiger partial charge in [-0.3, -0.25) is 19.2 Å². The van der Waals surface area contributed by atoms with Gasteiger partial charge >= 0.3 is 0 Å². The third kappa shape index (κ3) is 3.94. The molecule has 0 spiro atoms. The molecular weight excluding hydrogens is 430 g/mol. The van der Waals surface area contributed by atoms with Crippen LogP contribution in [0.1, 0.15) is 12.5 Å². The summed E-state index contributed by atoms with van der Waals surface area (Å²) in [6, 6.07) is 20.4. The van der Waals surface area contributed by atoms with Crippen LogP contribution in [-0.4, -0.2) is 31.8 Å². The Labute approximate surface area is 185 Å². The number of hydrogen-bond donors (Lipinski definition) is 0. The van der Waals surface area contributed by atoms with Gasteiger partial charge in [-0.1, -0.05) is 42.5 Å². The average molecular weight is 452 g/mol. The Morgan fingerprint density at radius 1 is 1.06 bits per heavy atom. The standard InChI is InChI=1S/C23H21N3O5S/c1-17-14-18-8-5-6-13-22(18)25(17)23(27)16-24(19-9-7-10-20(15-19)26(28)29)32(30,31)21-11-3-2-4-12-21/h2-13,15,17H,14,16H2,1H3. The maximum absolute atomic E-state index is 13.5. The highest BCUT2D eigenvalue weighted by Gasteiger charge is 2.35. The number of para-hydroxylation sites is 1. The fourth-order valence-electron chi connectivity index (χ4n) is 3.94.